The molecule has 9 nitrogen and oxygen atoms in total. The van der Waals surface area contributed by atoms with Gasteiger partial charge in [0.15, 0.2) is 5.16 Å². The average molecular weight is 468 g/mol. The molecule has 34 heavy (non-hydrogen) atoms. The first-order valence-electron chi connectivity index (χ1n) is 10.3. The Kier molecular flexibility index (Phi) is 5.68. The van der Waals surface area contributed by atoms with E-state index >= 15 is 0 Å². The van der Waals surface area contributed by atoms with Crippen LogP contribution in [-0.4, -0.2) is 32.0 Å². The van der Waals surface area contributed by atoms with Gasteiger partial charge in [-0.15, -0.1) is 10.2 Å². The number of nitriles is 1. The molecule has 0 spiro atoms. The topological polar surface area (TPSA) is 139 Å². The first-order chi connectivity index (χ1) is 16.6. The fourth-order valence-electron chi connectivity index (χ4n) is 3.49. The lowest BCUT2D eigenvalue weighted by molar-refractivity contribution is -0.110. The lowest BCUT2D eigenvalue weighted by atomic mass is 10.1. The third kappa shape index (κ3) is 4.46. The average Bonchev–Trinajstić information content (AvgIpc) is 3.58. The lowest BCUT2D eigenvalue weighted by Gasteiger charge is -2.00. The van der Waals surface area contributed by atoms with Crippen molar-refractivity contribution in [2.75, 3.05) is 10.6 Å². The number of fused-ring (bicyclic) bond motifs is 1. The molecular weight excluding hydrogens is 450 g/mol. The number of aromatic amines is 2. The summed E-state index contributed by atoms with van der Waals surface area (Å²) in [5.41, 5.74) is 4.64. The van der Waals surface area contributed by atoms with E-state index in [0.29, 0.717) is 33.4 Å². The van der Waals surface area contributed by atoms with E-state index in [1.54, 1.807) is 24.3 Å². The molecule has 0 bridgehead atoms. The number of aromatic nitrogens is 4. The molecule has 5 rings (SSSR count). The number of benzene rings is 2. The van der Waals surface area contributed by atoms with Crippen LogP contribution in [0.4, 0.5) is 11.6 Å². The van der Waals surface area contributed by atoms with E-state index in [2.05, 4.69) is 36.9 Å². The number of nitrogens with one attached hydrogen (secondary N) is 4. The van der Waals surface area contributed by atoms with Gasteiger partial charge in [-0.1, -0.05) is 42.1 Å². The number of nitrogens with zero attached hydrogens (tertiary/aromatic N) is 3. The van der Waals surface area contributed by atoms with E-state index in [1.165, 1.54) is 11.8 Å². The third-order valence-corrected chi connectivity index (χ3v) is 6.03. The summed E-state index contributed by atoms with van der Waals surface area (Å²) in [6, 6.07) is 20.2. The van der Waals surface area contributed by atoms with Crippen LogP contribution in [0.2, 0.25) is 0 Å². The zero-order chi connectivity index (χ0) is 23.5. The van der Waals surface area contributed by atoms with Crippen LogP contribution in [-0.2, 0) is 10.5 Å². The van der Waals surface area contributed by atoms with E-state index in [4.69, 9.17) is 5.26 Å². The van der Waals surface area contributed by atoms with Gasteiger partial charge in [0, 0.05) is 22.7 Å². The molecule has 2 aromatic heterocycles. The minimum absolute atomic E-state index is 0.187. The van der Waals surface area contributed by atoms with Crippen molar-refractivity contribution in [1.82, 2.24) is 20.2 Å². The zero-order valence-electron chi connectivity index (χ0n) is 17.6. The van der Waals surface area contributed by atoms with Crippen LogP contribution in [0.1, 0.15) is 32.9 Å². The molecule has 0 saturated heterocycles. The number of anilines is 2. The van der Waals surface area contributed by atoms with Gasteiger partial charge in [0.1, 0.15) is 5.69 Å². The molecule has 0 aliphatic carbocycles. The van der Waals surface area contributed by atoms with Gasteiger partial charge in [-0.25, -0.2) is 0 Å². The monoisotopic (exact) mass is 467 g/mol. The van der Waals surface area contributed by atoms with Gasteiger partial charge in [0.25, 0.3) is 11.8 Å². The maximum atomic E-state index is 12.6. The number of hydrogen-bond acceptors (Lipinski definition) is 6. The zero-order valence-corrected chi connectivity index (χ0v) is 18.4. The molecule has 166 valence electrons. The molecule has 0 unspecified atom stereocenters. The summed E-state index contributed by atoms with van der Waals surface area (Å²) < 4.78 is 0. The maximum Gasteiger partial charge on any atom is 0.274 e. The molecule has 10 heteroatoms. The van der Waals surface area contributed by atoms with Crippen molar-refractivity contribution in [2.45, 2.75) is 10.9 Å². The van der Waals surface area contributed by atoms with E-state index in [0.717, 1.165) is 16.8 Å². The predicted octanol–water partition coefficient (Wildman–Crippen LogP) is 4.04. The fourth-order valence-corrected chi connectivity index (χ4v) is 4.24. The summed E-state index contributed by atoms with van der Waals surface area (Å²) in [6.45, 7) is 0. The first-order valence-corrected chi connectivity index (χ1v) is 11.2. The van der Waals surface area contributed by atoms with E-state index in [9.17, 15) is 9.59 Å². The second kappa shape index (κ2) is 9.09. The third-order valence-electron chi connectivity index (χ3n) is 5.09. The highest BCUT2D eigenvalue weighted by atomic mass is 32.2. The number of carbonyl (C=O) groups excluding carboxylic acids is 2. The summed E-state index contributed by atoms with van der Waals surface area (Å²) in [7, 11) is 0. The first kappa shape index (κ1) is 21.2. The Morgan fingerprint density at radius 1 is 1.09 bits per heavy atom. The van der Waals surface area contributed by atoms with Crippen LogP contribution in [0.5, 0.6) is 0 Å². The number of thioether (sulfide) groups is 1. The lowest BCUT2D eigenvalue weighted by Crippen LogP contribution is -2.13. The number of rotatable bonds is 6. The standard InChI is InChI=1S/C24H17N7O2S/c25-12-14-4-3-5-15(10-14)13-34-24-29-23(30-31-24)28-22(33)20-9-8-16(26-20)11-18-17-6-1-2-7-19(17)27-21(18)32/h1-11,26H,13H2,(H,27,32)(H2,28,29,30,31,33)/b18-11-. The van der Waals surface area contributed by atoms with Crippen molar-refractivity contribution < 1.29 is 9.59 Å². The van der Waals surface area contributed by atoms with Gasteiger partial charge < -0.3 is 15.3 Å². The van der Waals surface area contributed by atoms with Crippen molar-refractivity contribution in [2.24, 2.45) is 0 Å². The van der Waals surface area contributed by atoms with Crippen molar-refractivity contribution in [3.05, 3.63) is 88.7 Å². The van der Waals surface area contributed by atoms with E-state index in [1.807, 2.05) is 42.5 Å². The SMILES string of the molecule is N#Cc1cccc(CSc2nnc(NC(=O)c3ccc(/C=C4\C(=O)Nc5ccccc54)[nH]3)[nH]2)c1. The molecule has 0 fully saturated rings. The number of para-hydroxylation sites is 1. The number of carbonyl (C=O) groups is 2. The van der Waals surface area contributed by atoms with E-state index in [-0.39, 0.29) is 11.9 Å². The number of H-pyrrole nitrogens is 2. The highest BCUT2D eigenvalue weighted by Gasteiger charge is 2.23. The molecule has 1 aliphatic rings. The van der Waals surface area contributed by atoms with Gasteiger partial charge in [0.05, 0.1) is 17.2 Å². The van der Waals surface area contributed by atoms with Gasteiger partial charge in [-0.2, -0.15) is 5.26 Å². The summed E-state index contributed by atoms with van der Waals surface area (Å²) in [4.78, 5) is 30.9. The Morgan fingerprint density at radius 2 is 1.97 bits per heavy atom. The molecular formula is C24H17N7O2S. The minimum Gasteiger partial charge on any atom is -0.351 e. The smallest absolute Gasteiger partial charge is 0.274 e. The van der Waals surface area contributed by atoms with Crippen molar-refractivity contribution >= 4 is 46.9 Å². The van der Waals surface area contributed by atoms with Crippen LogP contribution in [0, 0.1) is 11.3 Å². The highest BCUT2D eigenvalue weighted by molar-refractivity contribution is 7.98. The Bertz CT molecular complexity index is 1480. The fraction of sp³-hybridized carbons (Fsp3) is 0.0417. The molecule has 4 N–H and O–H groups in total. The molecule has 4 aromatic rings. The van der Waals surface area contributed by atoms with Gasteiger partial charge in [-0.05, 0) is 42.0 Å². The van der Waals surface area contributed by atoms with Crippen LogP contribution in [0.15, 0.2) is 65.8 Å². The van der Waals surface area contributed by atoms with Crippen molar-refractivity contribution in [3.8, 4) is 6.07 Å². The Balaban J connectivity index is 1.23. The number of amides is 2. The van der Waals surface area contributed by atoms with Crippen molar-refractivity contribution in [3.63, 3.8) is 0 Å². The summed E-state index contributed by atoms with van der Waals surface area (Å²) in [5.74, 6) is 0.240. The Morgan fingerprint density at radius 3 is 2.85 bits per heavy atom. The molecule has 3 heterocycles. The van der Waals surface area contributed by atoms with Crippen LogP contribution < -0.4 is 10.6 Å². The molecule has 2 aromatic carbocycles. The summed E-state index contributed by atoms with van der Waals surface area (Å²) >= 11 is 1.41. The quantitative estimate of drug-likeness (QED) is 0.249. The largest absolute Gasteiger partial charge is 0.351 e. The van der Waals surface area contributed by atoms with Gasteiger partial charge in [-0.3, -0.25) is 14.9 Å². The molecule has 0 radical (unpaired) electrons. The van der Waals surface area contributed by atoms with E-state index < -0.39 is 5.91 Å². The van der Waals surface area contributed by atoms with Gasteiger partial charge >= 0.3 is 0 Å². The summed E-state index contributed by atoms with van der Waals surface area (Å²) in [5, 5.41) is 23.0. The van der Waals surface area contributed by atoms with Crippen LogP contribution in [0.25, 0.3) is 11.6 Å². The highest BCUT2D eigenvalue weighted by Crippen LogP contribution is 2.32. The number of hydrogen-bond donors (Lipinski definition) is 4. The molecule has 2 amide bonds. The summed E-state index contributed by atoms with van der Waals surface area (Å²) in [6.07, 6.45) is 1.71. The maximum absolute atomic E-state index is 12.6. The van der Waals surface area contributed by atoms with Gasteiger partial charge in [0.2, 0.25) is 5.95 Å². The second-order valence-corrected chi connectivity index (χ2v) is 8.38. The second-order valence-electron chi connectivity index (χ2n) is 7.42. The Labute approximate surface area is 198 Å². The molecule has 1 aliphatic heterocycles. The molecule has 0 atom stereocenters. The van der Waals surface area contributed by atoms with Crippen molar-refractivity contribution in [1.29, 1.82) is 5.26 Å². The minimum atomic E-state index is -0.393. The Hall–Kier alpha value is -4.62. The normalized spacial score (nSPS) is 13.4. The van der Waals surface area contributed by atoms with Crippen LogP contribution in [0.3, 0.4) is 0 Å². The molecule has 0 saturated carbocycles. The predicted molar refractivity (Wildman–Crippen MR) is 129 cm³/mol. The van der Waals surface area contributed by atoms with Crippen LogP contribution >= 0.6 is 11.8 Å².